The molecule has 2 bridgehead atoms. The van der Waals surface area contributed by atoms with Crippen molar-refractivity contribution in [2.45, 2.75) is 77.4 Å². The summed E-state index contributed by atoms with van der Waals surface area (Å²) in [5, 5.41) is 17.4. The highest BCUT2D eigenvalue weighted by Crippen LogP contribution is 2.53. The van der Waals surface area contributed by atoms with Gasteiger partial charge in [-0.3, -0.25) is 14.2 Å². The summed E-state index contributed by atoms with van der Waals surface area (Å²) in [5.41, 5.74) is 7.51. The molecule has 0 spiro atoms. The Balaban J connectivity index is 1.08. The maximum absolute atomic E-state index is 12.7. The minimum atomic E-state index is 0.0364. The highest BCUT2D eigenvalue weighted by Gasteiger charge is 2.50. The third-order valence-corrected chi connectivity index (χ3v) is 9.91. The number of rotatable bonds is 5. The minimum absolute atomic E-state index is 0.0364. The maximum atomic E-state index is 12.7. The SMILES string of the molecule is Cc1cc(N2CCc3c(c(C)nn3CC34CCC(NC(=O)C5CNC5)(CC3)CC4)C2)c2cnn(C)c2n1. The number of carbonyl (C=O) groups is 1. The van der Waals surface area contributed by atoms with Gasteiger partial charge in [-0.1, -0.05) is 0 Å². The Morgan fingerprint density at radius 1 is 1.16 bits per heavy atom. The summed E-state index contributed by atoms with van der Waals surface area (Å²) in [4.78, 5) is 19.8. The molecule has 9 heteroatoms. The number of nitrogens with one attached hydrogen (secondary N) is 2. The van der Waals surface area contributed by atoms with E-state index in [0.717, 1.165) is 80.8 Å². The zero-order valence-corrected chi connectivity index (χ0v) is 22.3. The van der Waals surface area contributed by atoms with Crippen molar-refractivity contribution in [1.29, 1.82) is 0 Å². The van der Waals surface area contributed by atoms with Crippen LogP contribution in [-0.4, -0.2) is 55.6 Å². The third kappa shape index (κ3) is 3.76. The second-order valence-corrected chi connectivity index (χ2v) is 12.3. The van der Waals surface area contributed by atoms with Crippen LogP contribution in [0.15, 0.2) is 12.3 Å². The fourth-order valence-electron chi connectivity index (χ4n) is 7.32. The lowest BCUT2D eigenvalue weighted by Gasteiger charge is -2.54. The first-order chi connectivity index (χ1) is 17.8. The molecule has 37 heavy (non-hydrogen) atoms. The molecule has 3 saturated carbocycles. The van der Waals surface area contributed by atoms with Gasteiger partial charge in [0.25, 0.3) is 0 Å². The number of amides is 1. The van der Waals surface area contributed by atoms with E-state index in [0.29, 0.717) is 5.41 Å². The van der Waals surface area contributed by atoms with Crippen LogP contribution >= 0.6 is 0 Å². The quantitative estimate of drug-likeness (QED) is 0.557. The molecule has 2 N–H and O–H groups in total. The van der Waals surface area contributed by atoms with E-state index in [-0.39, 0.29) is 17.4 Å². The van der Waals surface area contributed by atoms with E-state index in [9.17, 15) is 4.79 Å². The monoisotopic (exact) mass is 502 g/mol. The second-order valence-electron chi connectivity index (χ2n) is 12.3. The number of aryl methyl sites for hydroxylation is 3. The van der Waals surface area contributed by atoms with Crippen LogP contribution in [-0.2, 0) is 31.4 Å². The van der Waals surface area contributed by atoms with Crippen LogP contribution in [0, 0.1) is 25.2 Å². The fourth-order valence-corrected chi connectivity index (χ4v) is 7.32. The number of anilines is 1. The molecule has 196 valence electrons. The van der Waals surface area contributed by atoms with Gasteiger partial charge in [-0.2, -0.15) is 10.2 Å². The number of hydrogen-bond acceptors (Lipinski definition) is 6. The largest absolute Gasteiger partial charge is 0.366 e. The predicted molar refractivity (Wildman–Crippen MR) is 142 cm³/mol. The molecule has 3 aliphatic carbocycles. The summed E-state index contributed by atoms with van der Waals surface area (Å²) in [6, 6.07) is 2.20. The summed E-state index contributed by atoms with van der Waals surface area (Å²) in [6.07, 6.45) is 9.83. The Morgan fingerprint density at radius 2 is 1.92 bits per heavy atom. The van der Waals surface area contributed by atoms with Crippen LogP contribution < -0.4 is 15.5 Å². The van der Waals surface area contributed by atoms with E-state index < -0.39 is 0 Å². The van der Waals surface area contributed by atoms with Gasteiger partial charge in [0.1, 0.15) is 0 Å². The van der Waals surface area contributed by atoms with Crippen LogP contribution in [0.2, 0.25) is 0 Å². The van der Waals surface area contributed by atoms with Gasteiger partial charge in [-0.15, -0.1) is 0 Å². The molecule has 3 aromatic heterocycles. The lowest BCUT2D eigenvalue weighted by molar-refractivity contribution is -0.131. The van der Waals surface area contributed by atoms with Crippen molar-refractivity contribution in [3.05, 3.63) is 34.9 Å². The van der Waals surface area contributed by atoms with Crippen LogP contribution in [0.1, 0.15) is 61.2 Å². The molecule has 2 aliphatic heterocycles. The summed E-state index contributed by atoms with van der Waals surface area (Å²) in [6.45, 7) is 8.78. The van der Waals surface area contributed by atoms with E-state index in [2.05, 4.69) is 45.2 Å². The average molecular weight is 503 g/mol. The van der Waals surface area contributed by atoms with E-state index in [1.165, 1.54) is 36.2 Å². The molecular formula is C28H38N8O. The number of fused-ring (bicyclic) bond motifs is 5. The Bertz CT molecular complexity index is 1360. The minimum Gasteiger partial charge on any atom is -0.366 e. The molecule has 0 unspecified atom stereocenters. The van der Waals surface area contributed by atoms with Gasteiger partial charge in [0.2, 0.25) is 5.91 Å². The van der Waals surface area contributed by atoms with E-state index in [1.807, 2.05) is 17.9 Å². The number of hydrogen-bond donors (Lipinski definition) is 2. The van der Waals surface area contributed by atoms with Crippen molar-refractivity contribution in [3.8, 4) is 0 Å². The average Bonchev–Trinajstić information content (AvgIpc) is 3.37. The number of carbonyl (C=O) groups excluding carboxylic acids is 1. The Kier molecular flexibility index (Phi) is 5.19. The highest BCUT2D eigenvalue weighted by atomic mass is 16.2. The molecule has 0 atom stereocenters. The highest BCUT2D eigenvalue weighted by molar-refractivity contribution is 5.89. The molecular weight excluding hydrogens is 464 g/mol. The molecule has 3 aromatic rings. The summed E-state index contributed by atoms with van der Waals surface area (Å²) >= 11 is 0. The molecule has 1 amide bonds. The molecule has 0 aromatic carbocycles. The molecule has 5 aliphatic rings. The topological polar surface area (TPSA) is 92.9 Å². The van der Waals surface area contributed by atoms with Gasteiger partial charge in [0, 0.05) is 68.7 Å². The van der Waals surface area contributed by atoms with Crippen molar-refractivity contribution >= 4 is 22.6 Å². The molecule has 8 rings (SSSR count). The van der Waals surface area contributed by atoms with Crippen molar-refractivity contribution in [2.24, 2.45) is 18.4 Å². The third-order valence-electron chi connectivity index (χ3n) is 9.91. The zero-order chi connectivity index (χ0) is 25.4. The van der Waals surface area contributed by atoms with E-state index in [4.69, 9.17) is 10.1 Å². The van der Waals surface area contributed by atoms with Crippen LogP contribution in [0.5, 0.6) is 0 Å². The number of nitrogens with zero attached hydrogens (tertiary/aromatic N) is 6. The van der Waals surface area contributed by atoms with Gasteiger partial charge in [-0.05, 0) is 63.9 Å². The molecule has 1 saturated heterocycles. The normalized spacial score (nSPS) is 27.4. The van der Waals surface area contributed by atoms with Gasteiger partial charge in [-0.25, -0.2) is 4.98 Å². The van der Waals surface area contributed by atoms with Crippen molar-refractivity contribution in [2.75, 3.05) is 24.5 Å². The van der Waals surface area contributed by atoms with E-state index in [1.54, 1.807) is 0 Å². The van der Waals surface area contributed by atoms with Crippen LogP contribution in [0.3, 0.4) is 0 Å². The molecule has 5 heterocycles. The Morgan fingerprint density at radius 3 is 2.62 bits per heavy atom. The first-order valence-corrected chi connectivity index (χ1v) is 14.0. The molecule has 9 nitrogen and oxygen atoms in total. The lowest BCUT2D eigenvalue weighted by atomic mass is 9.57. The molecule has 4 fully saturated rings. The van der Waals surface area contributed by atoms with Crippen molar-refractivity contribution in [3.63, 3.8) is 0 Å². The Labute approximate surface area is 218 Å². The first kappa shape index (κ1) is 23.2. The predicted octanol–water partition coefficient (Wildman–Crippen LogP) is 2.77. The zero-order valence-electron chi connectivity index (χ0n) is 22.3. The summed E-state index contributed by atoms with van der Waals surface area (Å²) in [5.74, 6) is 0.439. The van der Waals surface area contributed by atoms with Crippen LogP contribution in [0.25, 0.3) is 11.0 Å². The second kappa shape index (κ2) is 8.28. The summed E-state index contributed by atoms with van der Waals surface area (Å²) < 4.78 is 4.22. The van der Waals surface area contributed by atoms with Gasteiger partial charge < -0.3 is 15.5 Å². The smallest absolute Gasteiger partial charge is 0.226 e. The number of pyridine rings is 1. The summed E-state index contributed by atoms with van der Waals surface area (Å²) in [7, 11) is 1.96. The first-order valence-electron chi connectivity index (χ1n) is 14.0. The fraction of sp³-hybridized carbons (Fsp3) is 0.643. The molecule has 0 radical (unpaired) electrons. The van der Waals surface area contributed by atoms with Gasteiger partial charge in [0.15, 0.2) is 5.65 Å². The lowest BCUT2D eigenvalue weighted by Crippen LogP contribution is -2.61. The van der Waals surface area contributed by atoms with Gasteiger partial charge in [0.05, 0.1) is 28.9 Å². The van der Waals surface area contributed by atoms with Crippen LogP contribution in [0.4, 0.5) is 5.69 Å². The number of aromatic nitrogens is 5. The Hall–Kier alpha value is -2.94. The maximum Gasteiger partial charge on any atom is 0.226 e. The van der Waals surface area contributed by atoms with E-state index >= 15 is 0 Å². The standard InChI is InChI=1S/C28H38N8O/c1-18-12-24(21-15-30-34(3)25(21)31-18)35-11-4-23-22(16-35)19(2)33-36(23)17-27-5-8-28(9-6-27,10-7-27)32-26(37)20-13-29-14-20/h12,15,20,29H,4-11,13-14,16-17H2,1-3H3,(H,32,37). The van der Waals surface area contributed by atoms with Gasteiger partial charge >= 0.3 is 0 Å². The van der Waals surface area contributed by atoms with Crippen molar-refractivity contribution in [1.82, 2.24) is 35.2 Å². The van der Waals surface area contributed by atoms with Crippen molar-refractivity contribution < 1.29 is 4.79 Å².